The van der Waals surface area contributed by atoms with E-state index in [2.05, 4.69) is 10.3 Å². The Balaban J connectivity index is 1.46. The molecule has 0 aliphatic carbocycles. The fourth-order valence-electron chi connectivity index (χ4n) is 3.84. The van der Waals surface area contributed by atoms with Crippen LogP contribution in [-0.4, -0.2) is 28.5 Å². The summed E-state index contributed by atoms with van der Waals surface area (Å²) in [7, 11) is 0. The van der Waals surface area contributed by atoms with Gasteiger partial charge in [-0.05, 0) is 52.8 Å². The van der Waals surface area contributed by atoms with E-state index in [0.29, 0.717) is 34.8 Å². The lowest BCUT2D eigenvalue weighted by molar-refractivity contribution is -0.136. The summed E-state index contributed by atoms with van der Waals surface area (Å²) in [4.78, 5) is 28.0. The van der Waals surface area contributed by atoms with Gasteiger partial charge in [-0.3, -0.25) is 14.6 Å². The molecule has 0 fully saturated rings. The Morgan fingerprint density at radius 3 is 2.41 bits per heavy atom. The van der Waals surface area contributed by atoms with Crippen molar-refractivity contribution in [3.8, 4) is 0 Å². The molecular weight excluding hydrogens is 455 g/mol. The van der Waals surface area contributed by atoms with Crippen LogP contribution in [0.15, 0.2) is 72.9 Å². The van der Waals surface area contributed by atoms with Crippen LogP contribution in [0.3, 0.4) is 0 Å². The van der Waals surface area contributed by atoms with Crippen molar-refractivity contribution in [2.24, 2.45) is 0 Å². The number of aromatic nitrogens is 1. The highest BCUT2D eigenvalue weighted by Gasteiger charge is 2.14. The van der Waals surface area contributed by atoms with Crippen LogP contribution in [0.4, 0.5) is 4.39 Å². The molecule has 0 atom stereocenters. The molecule has 3 aromatic carbocycles. The summed E-state index contributed by atoms with van der Waals surface area (Å²) in [6.07, 6.45) is 2.26. The van der Waals surface area contributed by atoms with Crippen LogP contribution >= 0.6 is 11.6 Å². The van der Waals surface area contributed by atoms with E-state index in [9.17, 15) is 14.0 Å². The van der Waals surface area contributed by atoms with Crippen molar-refractivity contribution >= 4 is 34.2 Å². The highest BCUT2D eigenvalue weighted by atomic mass is 35.5. The van der Waals surface area contributed by atoms with Crippen molar-refractivity contribution < 1.29 is 19.1 Å². The molecule has 1 aromatic heterocycles. The summed E-state index contributed by atoms with van der Waals surface area (Å²) in [6, 6.07) is 19.2. The monoisotopic (exact) mass is 476 g/mol. The molecule has 0 saturated heterocycles. The van der Waals surface area contributed by atoms with Gasteiger partial charge in [0.15, 0.2) is 0 Å². The first kappa shape index (κ1) is 23.4. The number of carboxylic acid groups (broad SMARTS) is 1. The number of pyridine rings is 1. The van der Waals surface area contributed by atoms with Crippen LogP contribution in [0.5, 0.6) is 0 Å². The Bertz CT molecular complexity index is 1360. The van der Waals surface area contributed by atoms with Gasteiger partial charge in [0.25, 0.3) is 5.91 Å². The minimum atomic E-state index is -0.937. The zero-order chi connectivity index (χ0) is 24.1. The van der Waals surface area contributed by atoms with Gasteiger partial charge in [-0.1, -0.05) is 54.1 Å². The Morgan fingerprint density at radius 1 is 0.971 bits per heavy atom. The first-order chi connectivity index (χ1) is 16.4. The number of halogens is 2. The molecule has 172 valence electrons. The zero-order valence-electron chi connectivity index (χ0n) is 18.2. The Labute approximate surface area is 201 Å². The number of nitrogens with one attached hydrogen (secondary N) is 1. The summed E-state index contributed by atoms with van der Waals surface area (Å²) >= 11 is 5.88. The predicted octanol–water partition coefficient (Wildman–Crippen LogP) is 5.22. The molecule has 1 heterocycles. The average molecular weight is 477 g/mol. The molecule has 34 heavy (non-hydrogen) atoms. The zero-order valence-corrected chi connectivity index (χ0v) is 19.0. The van der Waals surface area contributed by atoms with E-state index in [4.69, 9.17) is 16.7 Å². The number of rotatable bonds is 8. The van der Waals surface area contributed by atoms with Gasteiger partial charge >= 0.3 is 5.97 Å². The normalized spacial score (nSPS) is 10.9. The SMILES string of the molecule is O=C(O)Cc1cnc(Cc2ccc(C(=O)NCCc3ccc(Cl)cc3)cc2F)c2ccccc12. The number of nitrogens with zero attached hydrogens (tertiary/aromatic N) is 1. The van der Waals surface area contributed by atoms with Crippen molar-refractivity contribution in [2.75, 3.05) is 6.54 Å². The maximum Gasteiger partial charge on any atom is 0.307 e. The van der Waals surface area contributed by atoms with E-state index < -0.39 is 11.8 Å². The minimum Gasteiger partial charge on any atom is -0.481 e. The van der Waals surface area contributed by atoms with Gasteiger partial charge < -0.3 is 10.4 Å². The van der Waals surface area contributed by atoms with Crippen LogP contribution in [-0.2, 0) is 24.1 Å². The van der Waals surface area contributed by atoms with Crippen molar-refractivity contribution in [1.82, 2.24) is 10.3 Å². The van der Waals surface area contributed by atoms with Crippen LogP contribution < -0.4 is 5.32 Å². The number of carboxylic acids is 1. The molecule has 0 bridgehead atoms. The summed E-state index contributed by atoms with van der Waals surface area (Å²) < 4.78 is 14.9. The van der Waals surface area contributed by atoms with Crippen LogP contribution in [0, 0.1) is 5.82 Å². The number of hydrogen-bond acceptors (Lipinski definition) is 3. The molecule has 0 saturated carbocycles. The maximum atomic E-state index is 14.9. The van der Waals surface area contributed by atoms with E-state index >= 15 is 0 Å². The van der Waals surface area contributed by atoms with Gasteiger partial charge in [0.2, 0.25) is 0 Å². The molecular formula is C27H22ClFN2O3. The van der Waals surface area contributed by atoms with Crippen LogP contribution in [0.25, 0.3) is 10.8 Å². The summed E-state index contributed by atoms with van der Waals surface area (Å²) in [6.45, 7) is 0.419. The van der Waals surface area contributed by atoms with E-state index in [-0.39, 0.29) is 24.3 Å². The Morgan fingerprint density at radius 2 is 1.71 bits per heavy atom. The highest BCUT2D eigenvalue weighted by molar-refractivity contribution is 6.30. The topological polar surface area (TPSA) is 79.3 Å². The van der Waals surface area contributed by atoms with Gasteiger partial charge in [-0.2, -0.15) is 0 Å². The molecule has 0 radical (unpaired) electrons. The molecule has 2 N–H and O–H groups in total. The molecule has 4 aromatic rings. The second kappa shape index (κ2) is 10.4. The van der Waals surface area contributed by atoms with E-state index in [1.807, 2.05) is 36.4 Å². The molecule has 5 nitrogen and oxygen atoms in total. The first-order valence-electron chi connectivity index (χ1n) is 10.8. The predicted molar refractivity (Wildman–Crippen MR) is 130 cm³/mol. The third-order valence-electron chi connectivity index (χ3n) is 5.59. The quantitative estimate of drug-likeness (QED) is 0.365. The fraction of sp³-hybridized carbons (Fsp3) is 0.148. The molecule has 0 aliphatic heterocycles. The highest BCUT2D eigenvalue weighted by Crippen LogP contribution is 2.24. The molecule has 7 heteroatoms. The van der Waals surface area contributed by atoms with Crippen molar-refractivity contribution in [3.05, 3.63) is 112 Å². The first-order valence-corrected chi connectivity index (χ1v) is 11.2. The third-order valence-corrected chi connectivity index (χ3v) is 5.84. The van der Waals surface area contributed by atoms with Crippen molar-refractivity contribution in [3.63, 3.8) is 0 Å². The Hall–Kier alpha value is -3.77. The van der Waals surface area contributed by atoms with Gasteiger partial charge in [0, 0.05) is 35.1 Å². The van der Waals surface area contributed by atoms with Gasteiger partial charge in [0.1, 0.15) is 5.82 Å². The lowest BCUT2D eigenvalue weighted by atomic mass is 9.98. The summed E-state index contributed by atoms with van der Waals surface area (Å²) in [5, 5.41) is 14.2. The summed E-state index contributed by atoms with van der Waals surface area (Å²) in [5.74, 6) is -1.78. The Kier molecular flexibility index (Phi) is 7.18. The number of fused-ring (bicyclic) bond motifs is 1. The summed E-state index contributed by atoms with van der Waals surface area (Å²) in [5.41, 5.74) is 2.94. The third kappa shape index (κ3) is 5.58. The maximum absolute atomic E-state index is 14.9. The van der Waals surface area contributed by atoms with Crippen LogP contribution in [0.2, 0.25) is 5.02 Å². The largest absolute Gasteiger partial charge is 0.481 e. The average Bonchev–Trinajstić information content (AvgIpc) is 2.82. The number of benzene rings is 3. The lowest BCUT2D eigenvalue weighted by Crippen LogP contribution is -2.25. The molecule has 0 unspecified atom stereocenters. The number of aliphatic carboxylic acids is 1. The van der Waals surface area contributed by atoms with Gasteiger partial charge in [0.05, 0.1) is 12.1 Å². The second-order valence-corrected chi connectivity index (χ2v) is 8.40. The number of carbonyl (C=O) groups excluding carboxylic acids is 1. The smallest absolute Gasteiger partial charge is 0.307 e. The molecule has 0 spiro atoms. The minimum absolute atomic E-state index is 0.135. The molecule has 0 aliphatic rings. The van der Waals surface area contributed by atoms with Crippen LogP contribution in [0.1, 0.15) is 32.7 Å². The fourth-order valence-corrected chi connectivity index (χ4v) is 3.97. The van der Waals surface area contributed by atoms with Gasteiger partial charge in [-0.25, -0.2) is 4.39 Å². The van der Waals surface area contributed by atoms with E-state index in [0.717, 1.165) is 16.3 Å². The second-order valence-electron chi connectivity index (χ2n) is 7.96. The van der Waals surface area contributed by atoms with E-state index in [1.54, 1.807) is 24.3 Å². The molecule has 1 amide bonds. The number of amides is 1. The number of hydrogen-bond donors (Lipinski definition) is 2. The lowest BCUT2D eigenvalue weighted by Gasteiger charge is -2.11. The van der Waals surface area contributed by atoms with Crippen molar-refractivity contribution in [2.45, 2.75) is 19.3 Å². The molecule has 4 rings (SSSR count). The van der Waals surface area contributed by atoms with Gasteiger partial charge in [-0.15, -0.1) is 0 Å². The number of carbonyl (C=O) groups is 2. The van der Waals surface area contributed by atoms with Crippen molar-refractivity contribution in [1.29, 1.82) is 0 Å². The van der Waals surface area contributed by atoms with E-state index in [1.165, 1.54) is 12.3 Å². The standard InChI is InChI=1S/C27H22ClFN2O3/c28-21-9-5-17(6-10-21)11-12-30-27(34)19-8-7-18(24(29)13-19)14-25-23-4-2-1-3-22(23)20(16-31-25)15-26(32)33/h1-10,13,16H,11-12,14-15H2,(H,30,34)(H,32,33).